The van der Waals surface area contributed by atoms with E-state index in [1.165, 1.54) is 49.0 Å². The van der Waals surface area contributed by atoms with Gasteiger partial charge in [0.2, 0.25) is 0 Å². The molecule has 7 rings (SSSR count). The van der Waals surface area contributed by atoms with Gasteiger partial charge in [-0.1, -0.05) is 66.4 Å². The van der Waals surface area contributed by atoms with Crippen LogP contribution in [0, 0.1) is 30.1 Å². The molecule has 4 atom stereocenters. The molecule has 2 aromatic heterocycles. The van der Waals surface area contributed by atoms with Crippen molar-refractivity contribution in [1.29, 1.82) is 5.26 Å². The standard InChI is InChI=1S/C71H86N7O18P/c1-49(2)78(50(3)4)97(94-34-15-32-72)96-62-40-64(95-63(62)48-93-71(54-16-13-12-14-17-54,55-22-28-59(85-6)29-23-55)56-24-30-60(86-7)31-25-56)77-41-51(5)69(83)76(70(77)84)33-35-91-36-37-92-61-26-20-52(21-27-61)18-19-53-38-57(42-74(44-65(79)87-8)45-66(80)88-9)73-58(39-53)43-75(46-67(81)89-10)47-68(82)90-11/h12-14,16-17,20-31,38-39,41,49-50,62-64H,15,33-37,40,42-48H2,1-11H3/t62-,63-,64-,97?/m1/s1. The first kappa shape index (κ1) is 75.5. The van der Waals surface area contributed by atoms with Gasteiger partial charge in [0.05, 0.1) is 132 Å². The van der Waals surface area contributed by atoms with Crippen molar-refractivity contribution in [2.24, 2.45) is 0 Å². The highest BCUT2D eigenvalue weighted by Crippen LogP contribution is 2.51. The van der Waals surface area contributed by atoms with Gasteiger partial charge in [0, 0.05) is 54.5 Å². The lowest BCUT2D eigenvalue weighted by atomic mass is 9.80. The number of esters is 4. The maximum atomic E-state index is 14.7. The molecule has 518 valence electrons. The number of nitrogens with zero attached hydrogens (tertiary/aromatic N) is 7. The van der Waals surface area contributed by atoms with Crippen molar-refractivity contribution in [3.05, 3.63) is 187 Å². The Morgan fingerprint density at radius 1 is 0.660 bits per heavy atom. The van der Waals surface area contributed by atoms with E-state index in [0.717, 1.165) is 21.3 Å². The largest absolute Gasteiger partial charge is 0.497 e. The van der Waals surface area contributed by atoms with Gasteiger partial charge in [0.25, 0.3) is 14.1 Å². The Morgan fingerprint density at radius 3 is 1.66 bits per heavy atom. The molecule has 1 unspecified atom stereocenters. The number of hydrogen-bond acceptors (Lipinski definition) is 23. The Bertz CT molecular complexity index is 3630. The van der Waals surface area contributed by atoms with Crippen LogP contribution in [0.15, 0.2) is 131 Å². The second-order valence-corrected chi connectivity index (χ2v) is 24.4. The molecular weight excluding hydrogens is 1270 g/mol. The summed E-state index contributed by atoms with van der Waals surface area (Å²) < 4.78 is 75.0. The van der Waals surface area contributed by atoms with Crippen molar-refractivity contribution in [3.63, 3.8) is 0 Å². The Balaban J connectivity index is 1.08. The van der Waals surface area contributed by atoms with Crippen molar-refractivity contribution < 1.29 is 75.6 Å². The van der Waals surface area contributed by atoms with Gasteiger partial charge in [-0.25, -0.2) is 9.46 Å². The Labute approximate surface area is 566 Å². The SMILES string of the molecule is COC(=O)CN(CC(=O)OC)Cc1cc(C#Cc2ccc(OCCOCCn3c(=O)c(C)cn([C@H]4C[C@@H](OP(OCCC#N)N(C(C)C)C(C)C)[C@@H](COC(c5ccccc5)(c5ccc(OC)cc5)c5ccc(OC)cc5)O4)c3=O)cc2)cc(CN(CC(=O)OC)CC(=O)OC)n1. The predicted octanol–water partition coefficient (Wildman–Crippen LogP) is 7.48. The van der Waals surface area contributed by atoms with Crippen molar-refractivity contribution >= 4 is 32.4 Å². The van der Waals surface area contributed by atoms with E-state index in [4.69, 9.17) is 61.4 Å². The minimum atomic E-state index is -1.80. The average Bonchev–Trinajstić information content (AvgIpc) is 1.78. The molecule has 97 heavy (non-hydrogen) atoms. The molecule has 0 radical (unpaired) electrons. The molecule has 1 saturated heterocycles. The van der Waals surface area contributed by atoms with Crippen LogP contribution in [-0.4, -0.2) is 179 Å². The summed E-state index contributed by atoms with van der Waals surface area (Å²) in [6.45, 7) is 9.09. The van der Waals surface area contributed by atoms with E-state index in [-0.39, 0.29) is 104 Å². The van der Waals surface area contributed by atoms with Crippen LogP contribution < -0.4 is 25.5 Å². The number of methoxy groups -OCH3 is 6. The lowest BCUT2D eigenvalue weighted by Gasteiger charge is -2.39. The van der Waals surface area contributed by atoms with Gasteiger partial charge in [-0.3, -0.25) is 47.9 Å². The number of carbonyl (C=O) groups excluding carboxylic acids is 4. The lowest BCUT2D eigenvalue weighted by Crippen LogP contribution is -2.43. The van der Waals surface area contributed by atoms with Crippen LogP contribution in [0.1, 0.15) is 91.5 Å². The third-order valence-electron chi connectivity index (χ3n) is 15.6. The van der Waals surface area contributed by atoms with Gasteiger partial charge in [-0.05, 0) is 112 Å². The van der Waals surface area contributed by atoms with Crippen molar-refractivity contribution in [3.8, 4) is 35.2 Å². The molecule has 1 fully saturated rings. The Morgan fingerprint density at radius 2 is 1.16 bits per heavy atom. The van der Waals surface area contributed by atoms with Crippen LogP contribution in [0.2, 0.25) is 0 Å². The zero-order valence-corrected chi connectivity index (χ0v) is 57.7. The number of rotatable bonds is 36. The quantitative estimate of drug-likeness (QED) is 0.00921. The van der Waals surface area contributed by atoms with Crippen LogP contribution in [0.3, 0.4) is 0 Å². The highest BCUT2D eigenvalue weighted by molar-refractivity contribution is 7.44. The number of benzene rings is 4. The number of carbonyl (C=O) groups is 4. The van der Waals surface area contributed by atoms with Crippen molar-refractivity contribution in [2.45, 2.75) is 103 Å². The first-order chi connectivity index (χ1) is 46.7. The molecule has 0 spiro atoms. The van der Waals surface area contributed by atoms with Crippen LogP contribution in [0.5, 0.6) is 17.2 Å². The molecule has 4 aromatic carbocycles. The fourth-order valence-electron chi connectivity index (χ4n) is 10.9. The van der Waals surface area contributed by atoms with Gasteiger partial charge in [-0.15, -0.1) is 0 Å². The maximum absolute atomic E-state index is 14.7. The minimum absolute atomic E-state index is 0.00468. The summed E-state index contributed by atoms with van der Waals surface area (Å²) in [6, 6.07) is 37.8. The number of nitriles is 1. The topological polar surface area (TPSA) is 269 Å². The number of pyridine rings is 1. The van der Waals surface area contributed by atoms with Crippen LogP contribution in [0.25, 0.3) is 0 Å². The summed E-state index contributed by atoms with van der Waals surface area (Å²) in [6.07, 6.45) is -0.665. The van der Waals surface area contributed by atoms with E-state index in [0.29, 0.717) is 45.3 Å². The number of ether oxygens (including phenoxy) is 10. The van der Waals surface area contributed by atoms with Gasteiger partial charge >= 0.3 is 29.6 Å². The highest BCUT2D eigenvalue weighted by Gasteiger charge is 2.45. The van der Waals surface area contributed by atoms with Crippen LogP contribution in [-0.2, 0) is 86.6 Å². The molecular formula is C71H86N7O18P. The van der Waals surface area contributed by atoms with Gasteiger partial charge < -0.3 is 56.4 Å². The highest BCUT2D eigenvalue weighted by atomic mass is 31.2. The summed E-state index contributed by atoms with van der Waals surface area (Å²) in [5, 5.41) is 9.56. The number of hydrogen-bond donors (Lipinski definition) is 0. The molecule has 0 N–H and O–H groups in total. The normalized spacial score (nSPS) is 14.8. The second kappa shape index (κ2) is 37.6. The van der Waals surface area contributed by atoms with E-state index < -0.39 is 67.7 Å². The summed E-state index contributed by atoms with van der Waals surface area (Å²) in [5.41, 5.74) is 2.35. The third-order valence-corrected chi connectivity index (χ3v) is 17.7. The smallest absolute Gasteiger partial charge is 0.333 e. The van der Waals surface area contributed by atoms with Gasteiger partial charge in [-0.2, -0.15) is 5.26 Å². The molecule has 0 aliphatic carbocycles. The van der Waals surface area contributed by atoms with Crippen LogP contribution in [0.4, 0.5) is 0 Å². The average molecular weight is 1360 g/mol. The van der Waals surface area contributed by atoms with Crippen molar-refractivity contribution in [1.82, 2.24) is 28.6 Å². The first-order valence-corrected chi connectivity index (χ1v) is 32.7. The zero-order valence-electron chi connectivity index (χ0n) is 56.8. The number of aromatic nitrogens is 3. The molecule has 26 heteroatoms. The third kappa shape index (κ3) is 21.3. The molecule has 1 aliphatic rings. The molecule has 0 saturated carbocycles. The zero-order chi connectivity index (χ0) is 70.0. The number of aryl methyl sites for hydroxylation is 1. The summed E-state index contributed by atoms with van der Waals surface area (Å²) in [5.74, 6) is 5.76. The first-order valence-electron chi connectivity index (χ1n) is 31.5. The molecule has 0 bridgehead atoms. The monoisotopic (exact) mass is 1360 g/mol. The van der Waals surface area contributed by atoms with E-state index >= 15 is 0 Å². The Hall–Kier alpha value is -8.85. The minimum Gasteiger partial charge on any atom is -0.497 e. The molecule has 0 amide bonds. The molecule has 25 nitrogen and oxygen atoms in total. The lowest BCUT2D eigenvalue weighted by molar-refractivity contribution is -0.147. The summed E-state index contributed by atoms with van der Waals surface area (Å²) in [4.78, 5) is 85.6. The molecule has 6 aromatic rings. The summed E-state index contributed by atoms with van der Waals surface area (Å²) >= 11 is 0. The van der Waals surface area contributed by atoms with E-state index in [9.17, 15) is 34.0 Å². The van der Waals surface area contributed by atoms with E-state index in [2.05, 4.69) is 50.3 Å². The molecule has 1 aliphatic heterocycles. The molecule has 3 heterocycles. The maximum Gasteiger partial charge on any atom is 0.333 e. The van der Waals surface area contributed by atoms with Crippen molar-refractivity contribution in [2.75, 3.05) is 102 Å². The van der Waals surface area contributed by atoms with Crippen LogP contribution >= 0.6 is 8.53 Å². The van der Waals surface area contributed by atoms with Gasteiger partial charge in [0.1, 0.15) is 41.8 Å². The fraction of sp³-hybridized carbons (Fsp3) is 0.437. The second-order valence-electron chi connectivity index (χ2n) is 23.0. The predicted molar refractivity (Wildman–Crippen MR) is 358 cm³/mol. The van der Waals surface area contributed by atoms with E-state index in [1.807, 2.05) is 78.9 Å². The summed E-state index contributed by atoms with van der Waals surface area (Å²) in [7, 11) is 6.35. The Kier molecular flexibility index (Phi) is 29.3. The fourth-order valence-corrected chi connectivity index (χ4v) is 12.7. The van der Waals surface area contributed by atoms with E-state index in [1.54, 1.807) is 57.5 Å². The van der Waals surface area contributed by atoms with Gasteiger partial charge in [0.15, 0.2) is 0 Å².